The van der Waals surface area contributed by atoms with E-state index in [0.29, 0.717) is 13.1 Å². The largest absolute Gasteiger partial charge is 0.395 e. The second kappa shape index (κ2) is 6.70. The first kappa shape index (κ1) is 14.8. The van der Waals surface area contributed by atoms with Crippen molar-refractivity contribution in [2.75, 3.05) is 26.7 Å². The van der Waals surface area contributed by atoms with Crippen molar-refractivity contribution in [2.24, 2.45) is 0 Å². The molecule has 19 heavy (non-hydrogen) atoms. The lowest BCUT2D eigenvalue weighted by molar-refractivity contribution is -0.132. The second-order valence-electron chi connectivity index (χ2n) is 4.90. The Morgan fingerprint density at radius 2 is 2.42 bits per heavy atom. The topological polar surface area (TPSA) is 43.8 Å². The maximum atomic E-state index is 12.1. The van der Waals surface area contributed by atoms with Gasteiger partial charge in [-0.25, -0.2) is 0 Å². The summed E-state index contributed by atoms with van der Waals surface area (Å²) < 4.78 is 0.746. The van der Waals surface area contributed by atoms with Crippen LogP contribution in [0, 0.1) is 0 Å². The standard InChI is InChI=1S/C13H19ClN2O2S/c1-15(7-11-4-5-12(14)19-11)13(18)8-16-6-2-3-10(16)9-17/h4-5,10,17H,2-3,6-9H2,1H3/t10-/m0/s1. The van der Waals surface area contributed by atoms with Gasteiger partial charge in [0.15, 0.2) is 0 Å². The van der Waals surface area contributed by atoms with E-state index in [9.17, 15) is 9.90 Å². The van der Waals surface area contributed by atoms with Crippen LogP contribution in [-0.4, -0.2) is 53.6 Å². The predicted octanol–water partition coefficient (Wildman–Crippen LogP) is 1.82. The number of aliphatic hydroxyl groups excluding tert-OH is 1. The lowest BCUT2D eigenvalue weighted by Crippen LogP contribution is -2.41. The summed E-state index contributed by atoms with van der Waals surface area (Å²) in [5.74, 6) is 0.0878. The first-order valence-corrected chi connectivity index (χ1v) is 7.62. The zero-order valence-corrected chi connectivity index (χ0v) is 12.6. The highest BCUT2D eigenvalue weighted by molar-refractivity contribution is 7.16. The van der Waals surface area contributed by atoms with Crippen LogP contribution >= 0.6 is 22.9 Å². The molecule has 0 spiro atoms. The van der Waals surface area contributed by atoms with Crippen molar-refractivity contribution in [3.05, 3.63) is 21.3 Å². The van der Waals surface area contributed by atoms with E-state index in [2.05, 4.69) is 4.90 Å². The number of likely N-dealkylation sites (tertiary alicyclic amines) is 1. The van der Waals surface area contributed by atoms with Crippen LogP contribution in [0.5, 0.6) is 0 Å². The van der Waals surface area contributed by atoms with E-state index in [1.54, 1.807) is 11.9 Å². The fraction of sp³-hybridized carbons (Fsp3) is 0.615. The number of carbonyl (C=O) groups excluding carboxylic acids is 1. The fourth-order valence-corrected chi connectivity index (χ4v) is 3.50. The van der Waals surface area contributed by atoms with Crippen molar-refractivity contribution in [2.45, 2.75) is 25.4 Å². The van der Waals surface area contributed by atoms with Gasteiger partial charge >= 0.3 is 0 Å². The molecule has 0 saturated carbocycles. The first-order chi connectivity index (χ1) is 9.10. The number of halogens is 1. The van der Waals surface area contributed by atoms with Crippen LogP contribution in [0.1, 0.15) is 17.7 Å². The SMILES string of the molecule is CN(Cc1ccc(Cl)s1)C(=O)CN1CCC[C@H]1CO. The molecule has 6 heteroatoms. The number of thiophene rings is 1. The first-order valence-electron chi connectivity index (χ1n) is 6.43. The maximum Gasteiger partial charge on any atom is 0.236 e. The molecule has 2 heterocycles. The highest BCUT2D eigenvalue weighted by Crippen LogP contribution is 2.22. The summed E-state index contributed by atoms with van der Waals surface area (Å²) in [5.41, 5.74) is 0. The molecule has 1 aromatic heterocycles. The molecule has 0 aliphatic carbocycles. The van der Waals surface area contributed by atoms with Crippen LogP contribution in [0.15, 0.2) is 12.1 Å². The summed E-state index contributed by atoms with van der Waals surface area (Å²) in [6, 6.07) is 3.94. The molecule has 106 valence electrons. The second-order valence-corrected chi connectivity index (χ2v) is 6.70. The smallest absolute Gasteiger partial charge is 0.236 e. The average molecular weight is 303 g/mol. The highest BCUT2D eigenvalue weighted by Gasteiger charge is 2.26. The Labute approximate surface area is 122 Å². The fourth-order valence-electron chi connectivity index (χ4n) is 2.36. The summed E-state index contributed by atoms with van der Waals surface area (Å²) in [6.07, 6.45) is 2.04. The summed E-state index contributed by atoms with van der Waals surface area (Å²) in [4.78, 5) is 17.0. The number of amides is 1. The minimum absolute atomic E-state index is 0.0878. The van der Waals surface area contributed by atoms with Crippen LogP contribution in [0.2, 0.25) is 4.34 Å². The van der Waals surface area contributed by atoms with E-state index in [-0.39, 0.29) is 18.6 Å². The Morgan fingerprint density at radius 1 is 1.63 bits per heavy atom. The van der Waals surface area contributed by atoms with Crippen LogP contribution in [0.25, 0.3) is 0 Å². The van der Waals surface area contributed by atoms with Gasteiger partial charge in [0.1, 0.15) is 0 Å². The summed E-state index contributed by atoms with van der Waals surface area (Å²) >= 11 is 7.38. The molecule has 4 nitrogen and oxygen atoms in total. The Hall–Kier alpha value is -0.620. The molecule has 1 atom stereocenters. The minimum Gasteiger partial charge on any atom is -0.395 e. The monoisotopic (exact) mass is 302 g/mol. The van der Waals surface area contributed by atoms with Gasteiger partial charge in [0.05, 0.1) is 24.0 Å². The maximum absolute atomic E-state index is 12.1. The molecular formula is C13H19ClN2O2S. The van der Waals surface area contributed by atoms with Crippen molar-refractivity contribution in [1.29, 1.82) is 0 Å². The zero-order chi connectivity index (χ0) is 13.8. The number of aliphatic hydroxyl groups is 1. The normalized spacial score (nSPS) is 19.8. The number of hydrogen-bond acceptors (Lipinski definition) is 4. The number of likely N-dealkylation sites (N-methyl/N-ethyl adjacent to an activating group) is 1. The molecule has 1 aromatic rings. The van der Waals surface area contributed by atoms with Crippen LogP contribution in [-0.2, 0) is 11.3 Å². The number of carbonyl (C=O) groups is 1. The minimum atomic E-state index is 0.0878. The van der Waals surface area contributed by atoms with Crippen molar-refractivity contribution < 1.29 is 9.90 Å². The van der Waals surface area contributed by atoms with E-state index in [1.165, 1.54) is 11.3 Å². The summed E-state index contributed by atoms with van der Waals surface area (Å²) in [6.45, 7) is 2.02. The van der Waals surface area contributed by atoms with Crippen molar-refractivity contribution in [3.63, 3.8) is 0 Å². The molecular weight excluding hydrogens is 284 g/mol. The lowest BCUT2D eigenvalue weighted by Gasteiger charge is -2.25. The van der Waals surface area contributed by atoms with Crippen molar-refractivity contribution >= 4 is 28.8 Å². The van der Waals surface area contributed by atoms with Crippen molar-refractivity contribution in [3.8, 4) is 0 Å². The van der Waals surface area contributed by atoms with E-state index in [4.69, 9.17) is 11.6 Å². The third kappa shape index (κ3) is 3.92. The predicted molar refractivity (Wildman–Crippen MR) is 77.5 cm³/mol. The molecule has 1 fully saturated rings. The van der Waals surface area contributed by atoms with E-state index < -0.39 is 0 Å². The Kier molecular flexibility index (Phi) is 5.21. The van der Waals surface area contributed by atoms with Gasteiger partial charge in [-0.2, -0.15) is 0 Å². The van der Waals surface area contributed by atoms with Gasteiger partial charge in [-0.3, -0.25) is 9.69 Å². The molecule has 1 amide bonds. The van der Waals surface area contributed by atoms with Gasteiger partial charge < -0.3 is 10.0 Å². The molecule has 0 radical (unpaired) electrons. The van der Waals surface area contributed by atoms with Gasteiger partial charge in [-0.05, 0) is 31.5 Å². The quantitative estimate of drug-likeness (QED) is 0.902. The Balaban J connectivity index is 1.85. The summed E-state index contributed by atoms with van der Waals surface area (Å²) in [5, 5.41) is 9.25. The number of rotatable bonds is 5. The highest BCUT2D eigenvalue weighted by atomic mass is 35.5. The molecule has 0 bridgehead atoms. The van der Waals surface area contributed by atoms with Gasteiger partial charge in [0.2, 0.25) is 5.91 Å². The van der Waals surface area contributed by atoms with E-state index >= 15 is 0 Å². The molecule has 1 aliphatic heterocycles. The Morgan fingerprint density at radius 3 is 3.05 bits per heavy atom. The molecule has 1 saturated heterocycles. The number of hydrogen-bond donors (Lipinski definition) is 1. The zero-order valence-electron chi connectivity index (χ0n) is 11.0. The van der Waals surface area contributed by atoms with Gasteiger partial charge in [0, 0.05) is 18.0 Å². The van der Waals surface area contributed by atoms with Crippen LogP contribution < -0.4 is 0 Å². The van der Waals surface area contributed by atoms with Crippen LogP contribution in [0.4, 0.5) is 0 Å². The van der Waals surface area contributed by atoms with Gasteiger partial charge in [-0.1, -0.05) is 11.6 Å². The van der Waals surface area contributed by atoms with E-state index in [1.807, 2.05) is 12.1 Å². The summed E-state index contributed by atoms with van der Waals surface area (Å²) in [7, 11) is 1.81. The van der Waals surface area contributed by atoms with E-state index in [0.717, 1.165) is 28.6 Å². The molecule has 0 aromatic carbocycles. The molecule has 0 unspecified atom stereocenters. The van der Waals surface area contributed by atoms with Crippen LogP contribution in [0.3, 0.4) is 0 Å². The van der Waals surface area contributed by atoms with Gasteiger partial charge in [-0.15, -0.1) is 11.3 Å². The van der Waals surface area contributed by atoms with Gasteiger partial charge in [0.25, 0.3) is 0 Å². The molecule has 1 aliphatic rings. The third-order valence-electron chi connectivity index (χ3n) is 3.50. The molecule has 1 N–H and O–H groups in total. The molecule has 2 rings (SSSR count). The average Bonchev–Trinajstić information content (AvgIpc) is 2.98. The third-order valence-corrected chi connectivity index (χ3v) is 4.71. The van der Waals surface area contributed by atoms with Crippen molar-refractivity contribution in [1.82, 2.24) is 9.80 Å². The Bertz CT molecular complexity index is 438. The lowest BCUT2D eigenvalue weighted by atomic mass is 10.2. The number of nitrogens with zero attached hydrogens (tertiary/aromatic N) is 2.